The summed E-state index contributed by atoms with van der Waals surface area (Å²) in [7, 11) is 0. The van der Waals surface area contributed by atoms with Crippen LogP contribution in [0.4, 0.5) is 0 Å². The zero-order valence-corrected chi connectivity index (χ0v) is 14.5. The van der Waals surface area contributed by atoms with E-state index in [4.69, 9.17) is 0 Å². The van der Waals surface area contributed by atoms with Crippen LogP contribution in [0, 0.1) is 11.8 Å². The summed E-state index contributed by atoms with van der Waals surface area (Å²) in [6, 6.07) is 0. The molecule has 0 spiro atoms. The number of rotatable bonds is 3. The maximum absolute atomic E-state index is 12.7. The quantitative estimate of drug-likeness (QED) is 0.793. The number of piperazine rings is 1. The van der Waals surface area contributed by atoms with Crippen molar-refractivity contribution in [3.8, 4) is 0 Å². The van der Waals surface area contributed by atoms with Crippen molar-refractivity contribution in [2.75, 3.05) is 45.8 Å². The predicted octanol–water partition coefficient (Wildman–Crippen LogP) is 1.58. The summed E-state index contributed by atoms with van der Waals surface area (Å²) < 4.78 is 0. The number of likely N-dealkylation sites (N-methyl/N-ethyl adjacent to an activating group) is 1. The van der Waals surface area contributed by atoms with Gasteiger partial charge in [-0.2, -0.15) is 0 Å². The smallest absolute Gasteiger partial charge is 0.225 e. The Bertz CT molecular complexity index is 418. The lowest BCUT2D eigenvalue weighted by Crippen LogP contribution is -2.50. The molecule has 1 aliphatic carbocycles. The summed E-state index contributed by atoms with van der Waals surface area (Å²) in [5.41, 5.74) is 0. The van der Waals surface area contributed by atoms with Gasteiger partial charge in [-0.25, -0.2) is 0 Å². The third-order valence-corrected chi connectivity index (χ3v) is 5.97. The molecule has 23 heavy (non-hydrogen) atoms. The molecule has 0 unspecified atom stereocenters. The predicted molar refractivity (Wildman–Crippen MR) is 90.0 cm³/mol. The summed E-state index contributed by atoms with van der Waals surface area (Å²) >= 11 is 0. The molecule has 0 bridgehead atoms. The molecule has 0 aromatic rings. The first kappa shape index (κ1) is 16.7. The Labute approximate surface area is 140 Å². The van der Waals surface area contributed by atoms with Gasteiger partial charge in [0.1, 0.15) is 0 Å². The van der Waals surface area contributed by atoms with Gasteiger partial charge in [0.05, 0.1) is 0 Å². The largest absolute Gasteiger partial charge is 0.342 e. The molecule has 3 fully saturated rings. The number of nitrogens with zero attached hydrogens (tertiary/aromatic N) is 3. The van der Waals surface area contributed by atoms with Gasteiger partial charge in [-0.3, -0.25) is 9.59 Å². The second-order valence-electron chi connectivity index (χ2n) is 7.34. The van der Waals surface area contributed by atoms with Crippen LogP contribution in [0.3, 0.4) is 0 Å². The van der Waals surface area contributed by atoms with Gasteiger partial charge >= 0.3 is 0 Å². The van der Waals surface area contributed by atoms with Gasteiger partial charge in [0.15, 0.2) is 0 Å². The lowest BCUT2D eigenvalue weighted by atomic mass is 9.80. The Morgan fingerprint density at radius 2 is 1.17 bits per heavy atom. The van der Waals surface area contributed by atoms with Crippen molar-refractivity contribution in [2.45, 2.75) is 45.4 Å². The highest BCUT2D eigenvalue weighted by atomic mass is 16.2. The van der Waals surface area contributed by atoms with E-state index in [0.717, 1.165) is 84.3 Å². The maximum Gasteiger partial charge on any atom is 0.225 e. The molecule has 2 heterocycles. The van der Waals surface area contributed by atoms with Crippen molar-refractivity contribution in [1.82, 2.24) is 14.7 Å². The van der Waals surface area contributed by atoms with Crippen molar-refractivity contribution < 1.29 is 9.59 Å². The number of likely N-dealkylation sites (tertiary alicyclic amines) is 1. The van der Waals surface area contributed by atoms with Crippen molar-refractivity contribution in [2.24, 2.45) is 11.8 Å². The van der Waals surface area contributed by atoms with Gasteiger partial charge < -0.3 is 14.7 Å². The lowest BCUT2D eigenvalue weighted by molar-refractivity contribution is -0.142. The molecule has 130 valence electrons. The molecule has 0 atom stereocenters. The van der Waals surface area contributed by atoms with E-state index in [-0.39, 0.29) is 11.8 Å². The van der Waals surface area contributed by atoms with Crippen LogP contribution in [-0.4, -0.2) is 72.3 Å². The van der Waals surface area contributed by atoms with Gasteiger partial charge in [0, 0.05) is 51.1 Å². The van der Waals surface area contributed by atoms with Crippen LogP contribution < -0.4 is 0 Å². The van der Waals surface area contributed by atoms with Crippen LogP contribution in [0.1, 0.15) is 45.4 Å². The minimum absolute atomic E-state index is 0.158. The van der Waals surface area contributed by atoms with Gasteiger partial charge in [-0.15, -0.1) is 0 Å². The van der Waals surface area contributed by atoms with E-state index in [2.05, 4.69) is 16.7 Å². The van der Waals surface area contributed by atoms with E-state index < -0.39 is 0 Å². The fourth-order valence-corrected chi connectivity index (χ4v) is 4.33. The number of carbonyl (C=O) groups is 2. The summed E-state index contributed by atoms with van der Waals surface area (Å²) in [5, 5.41) is 0. The highest BCUT2D eigenvalue weighted by molar-refractivity contribution is 5.81. The van der Waals surface area contributed by atoms with Crippen molar-refractivity contribution >= 4 is 11.8 Å². The molecule has 3 aliphatic rings. The van der Waals surface area contributed by atoms with Crippen LogP contribution >= 0.6 is 0 Å². The van der Waals surface area contributed by atoms with Crippen LogP contribution in [0.2, 0.25) is 0 Å². The van der Waals surface area contributed by atoms with Gasteiger partial charge in [0.2, 0.25) is 11.8 Å². The molecule has 3 rings (SSSR count). The van der Waals surface area contributed by atoms with Gasteiger partial charge in [-0.1, -0.05) is 6.92 Å². The summed E-state index contributed by atoms with van der Waals surface area (Å²) in [5.74, 6) is 1.03. The monoisotopic (exact) mass is 321 g/mol. The first-order valence-electron chi connectivity index (χ1n) is 9.49. The molecule has 0 aromatic heterocycles. The van der Waals surface area contributed by atoms with Crippen LogP contribution in [0.25, 0.3) is 0 Å². The minimum Gasteiger partial charge on any atom is -0.342 e. The van der Waals surface area contributed by atoms with Crippen LogP contribution in [0.5, 0.6) is 0 Å². The van der Waals surface area contributed by atoms with Crippen molar-refractivity contribution in [3.63, 3.8) is 0 Å². The van der Waals surface area contributed by atoms with Gasteiger partial charge in [-0.05, 0) is 45.1 Å². The van der Waals surface area contributed by atoms with Crippen molar-refractivity contribution in [1.29, 1.82) is 0 Å². The van der Waals surface area contributed by atoms with E-state index in [1.807, 2.05) is 4.90 Å². The summed E-state index contributed by atoms with van der Waals surface area (Å²) in [6.07, 6.45) is 5.92. The van der Waals surface area contributed by atoms with E-state index in [1.54, 1.807) is 0 Å². The third-order valence-electron chi connectivity index (χ3n) is 5.97. The average molecular weight is 321 g/mol. The standard InChI is InChI=1S/C18H31N3O2/c1-2-19-11-13-21(14-12-19)18(23)16-7-5-15(6-8-16)17(22)20-9-3-4-10-20/h15-16H,2-14H2,1H3. The number of hydrogen-bond acceptors (Lipinski definition) is 3. The first-order chi connectivity index (χ1) is 11.2. The van der Waals surface area contributed by atoms with Crippen LogP contribution in [-0.2, 0) is 9.59 Å². The Hall–Kier alpha value is -1.10. The summed E-state index contributed by atoms with van der Waals surface area (Å²) in [6.45, 7) is 8.90. The lowest BCUT2D eigenvalue weighted by Gasteiger charge is -2.37. The fourth-order valence-electron chi connectivity index (χ4n) is 4.33. The van der Waals surface area contributed by atoms with E-state index >= 15 is 0 Å². The zero-order chi connectivity index (χ0) is 16.2. The van der Waals surface area contributed by atoms with E-state index in [1.165, 1.54) is 0 Å². The van der Waals surface area contributed by atoms with Gasteiger partial charge in [0.25, 0.3) is 0 Å². The molecular weight excluding hydrogens is 290 g/mol. The molecule has 5 nitrogen and oxygen atoms in total. The Kier molecular flexibility index (Phi) is 5.57. The molecule has 5 heteroatoms. The van der Waals surface area contributed by atoms with Crippen LogP contribution in [0.15, 0.2) is 0 Å². The first-order valence-corrected chi connectivity index (χ1v) is 9.49. The number of hydrogen-bond donors (Lipinski definition) is 0. The summed E-state index contributed by atoms with van der Waals surface area (Å²) in [4.78, 5) is 31.7. The fraction of sp³-hybridized carbons (Fsp3) is 0.889. The second kappa shape index (κ2) is 7.65. The SMILES string of the molecule is CCN1CCN(C(=O)C2CCC(C(=O)N3CCCC3)CC2)CC1. The molecule has 0 N–H and O–H groups in total. The highest BCUT2D eigenvalue weighted by Crippen LogP contribution is 2.32. The Balaban J connectivity index is 1.45. The number of carbonyl (C=O) groups excluding carboxylic acids is 2. The second-order valence-corrected chi connectivity index (χ2v) is 7.34. The maximum atomic E-state index is 12.7. The van der Waals surface area contributed by atoms with Crippen molar-refractivity contribution in [3.05, 3.63) is 0 Å². The number of amides is 2. The molecule has 2 saturated heterocycles. The zero-order valence-electron chi connectivity index (χ0n) is 14.5. The average Bonchev–Trinajstić information content (AvgIpc) is 3.15. The molecule has 2 aliphatic heterocycles. The minimum atomic E-state index is 0.158. The molecular formula is C18H31N3O2. The Morgan fingerprint density at radius 3 is 1.61 bits per heavy atom. The molecule has 0 aromatic carbocycles. The third kappa shape index (κ3) is 3.87. The Morgan fingerprint density at radius 1 is 0.739 bits per heavy atom. The molecule has 0 radical (unpaired) electrons. The topological polar surface area (TPSA) is 43.9 Å². The highest BCUT2D eigenvalue weighted by Gasteiger charge is 2.35. The molecule has 2 amide bonds. The van der Waals surface area contributed by atoms with E-state index in [9.17, 15) is 9.59 Å². The normalized spacial score (nSPS) is 29.8. The molecule has 1 saturated carbocycles. The van der Waals surface area contributed by atoms with E-state index in [0.29, 0.717) is 11.8 Å².